The standard InChI is InChI=1S/C27H26ClFN6S/c1-18-16-34(26-23(30)8-5-11-31-26)12-13-35(18)25-15-24(20-9-10-22(29)21(28)14-20)32-27(33-25)36-17-19-6-3-2-4-7-19/h2-11,14-15,18H,12-13,16-17,30H2,1H3/t18-/m1/s1. The summed E-state index contributed by atoms with van der Waals surface area (Å²) in [5, 5.41) is 0.733. The molecular formula is C27H26ClFN6S. The molecule has 184 valence electrons. The lowest BCUT2D eigenvalue weighted by Gasteiger charge is -2.41. The highest BCUT2D eigenvalue weighted by Gasteiger charge is 2.27. The Balaban J connectivity index is 1.44. The van der Waals surface area contributed by atoms with Crippen molar-refractivity contribution in [2.75, 3.05) is 35.2 Å². The predicted molar refractivity (Wildman–Crippen MR) is 146 cm³/mol. The summed E-state index contributed by atoms with van der Waals surface area (Å²) in [6, 6.07) is 20.7. The maximum absolute atomic E-state index is 13.8. The van der Waals surface area contributed by atoms with Gasteiger partial charge in [0.15, 0.2) is 11.0 Å². The van der Waals surface area contributed by atoms with E-state index in [1.54, 1.807) is 30.1 Å². The number of benzene rings is 2. The highest BCUT2D eigenvalue weighted by Crippen LogP contribution is 2.31. The van der Waals surface area contributed by atoms with Crippen LogP contribution in [0.25, 0.3) is 11.3 Å². The Hall–Kier alpha value is -3.36. The minimum Gasteiger partial charge on any atom is -0.396 e. The highest BCUT2D eigenvalue weighted by molar-refractivity contribution is 7.98. The number of nitrogens with two attached hydrogens (primary N) is 1. The Morgan fingerprint density at radius 2 is 1.89 bits per heavy atom. The molecule has 2 N–H and O–H groups in total. The summed E-state index contributed by atoms with van der Waals surface area (Å²) in [5.74, 6) is 1.94. The maximum atomic E-state index is 13.8. The van der Waals surface area contributed by atoms with Crippen molar-refractivity contribution in [3.05, 3.63) is 89.3 Å². The van der Waals surface area contributed by atoms with Crippen LogP contribution in [-0.4, -0.2) is 40.6 Å². The molecule has 1 aliphatic heterocycles. The third-order valence-corrected chi connectivity index (χ3v) is 7.36. The van der Waals surface area contributed by atoms with Gasteiger partial charge in [0, 0.05) is 49.3 Å². The first kappa shape index (κ1) is 24.3. The van der Waals surface area contributed by atoms with Gasteiger partial charge in [0.05, 0.1) is 16.4 Å². The topological polar surface area (TPSA) is 71.2 Å². The van der Waals surface area contributed by atoms with Crippen molar-refractivity contribution in [1.29, 1.82) is 0 Å². The largest absolute Gasteiger partial charge is 0.396 e. The first-order valence-electron chi connectivity index (χ1n) is 11.7. The number of thioether (sulfide) groups is 1. The van der Waals surface area contributed by atoms with Crippen LogP contribution in [-0.2, 0) is 5.75 Å². The number of piperazine rings is 1. The van der Waals surface area contributed by atoms with E-state index < -0.39 is 5.82 Å². The monoisotopic (exact) mass is 520 g/mol. The first-order valence-corrected chi connectivity index (χ1v) is 13.1. The fourth-order valence-electron chi connectivity index (χ4n) is 4.31. The summed E-state index contributed by atoms with van der Waals surface area (Å²) in [6.45, 7) is 4.44. The number of aromatic nitrogens is 3. The smallest absolute Gasteiger partial charge is 0.190 e. The molecule has 1 aliphatic rings. The Morgan fingerprint density at radius 3 is 2.64 bits per heavy atom. The Bertz CT molecular complexity index is 1360. The van der Waals surface area contributed by atoms with Crippen molar-refractivity contribution in [2.24, 2.45) is 0 Å². The molecule has 36 heavy (non-hydrogen) atoms. The van der Waals surface area contributed by atoms with Crippen LogP contribution in [0.4, 0.5) is 21.7 Å². The number of anilines is 3. The van der Waals surface area contributed by atoms with E-state index in [9.17, 15) is 4.39 Å². The van der Waals surface area contributed by atoms with Crippen LogP contribution in [0.1, 0.15) is 12.5 Å². The molecular weight excluding hydrogens is 495 g/mol. The predicted octanol–water partition coefficient (Wildman–Crippen LogP) is 5.92. The van der Waals surface area contributed by atoms with Crippen LogP contribution in [0.2, 0.25) is 5.02 Å². The van der Waals surface area contributed by atoms with Crippen molar-refractivity contribution < 1.29 is 4.39 Å². The van der Waals surface area contributed by atoms with Crippen molar-refractivity contribution >= 4 is 40.7 Å². The van der Waals surface area contributed by atoms with E-state index in [1.165, 1.54) is 11.6 Å². The van der Waals surface area contributed by atoms with Crippen LogP contribution in [0.3, 0.4) is 0 Å². The Kier molecular flexibility index (Phi) is 7.25. The average Bonchev–Trinajstić information content (AvgIpc) is 2.90. The SMILES string of the molecule is C[C@@H]1CN(c2ncccc2N)CCN1c1cc(-c2ccc(F)c(Cl)c2)nc(SCc2ccccc2)n1. The van der Waals surface area contributed by atoms with Gasteiger partial charge in [-0.05, 0) is 42.8 Å². The molecule has 0 spiro atoms. The first-order chi connectivity index (χ1) is 17.5. The van der Waals surface area contributed by atoms with Crippen LogP contribution < -0.4 is 15.5 Å². The normalized spacial score (nSPS) is 15.8. The van der Waals surface area contributed by atoms with E-state index >= 15 is 0 Å². The van der Waals surface area contributed by atoms with E-state index in [0.717, 1.165) is 42.6 Å². The molecule has 0 radical (unpaired) electrons. The fraction of sp³-hybridized carbons (Fsp3) is 0.222. The zero-order valence-corrected chi connectivity index (χ0v) is 21.4. The molecule has 6 nitrogen and oxygen atoms in total. The van der Waals surface area contributed by atoms with Crippen molar-refractivity contribution in [3.63, 3.8) is 0 Å². The Morgan fingerprint density at radius 1 is 1.06 bits per heavy atom. The van der Waals surface area contributed by atoms with E-state index in [1.807, 2.05) is 36.4 Å². The van der Waals surface area contributed by atoms with Gasteiger partial charge in [0.25, 0.3) is 0 Å². The van der Waals surface area contributed by atoms with Crippen molar-refractivity contribution in [2.45, 2.75) is 23.9 Å². The molecule has 1 fully saturated rings. The lowest BCUT2D eigenvalue weighted by Crippen LogP contribution is -2.52. The van der Waals surface area contributed by atoms with E-state index in [2.05, 4.69) is 33.8 Å². The zero-order chi connectivity index (χ0) is 25.1. The second-order valence-corrected chi connectivity index (χ2v) is 10.1. The van der Waals surface area contributed by atoms with Gasteiger partial charge < -0.3 is 15.5 Å². The number of rotatable bonds is 6. The highest BCUT2D eigenvalue weighted by atomic mass is 35.5. The van der Waals surface area contributed by atoms with Gasteiger partial charge in [-0.15, -0.1) is 0 Å². The van der Waals surface area contributed by atoms with Crippen LogP contribution >= 0.6 is 23.4 Å². The number of nitrogen functional groups attached to an aromatic ring is 1. The summed E-state index contributed by atoms with van der Waals surface area (Å²) in [5.41, 5.74) is 9.50. The molecule has 1 saturated heterocycles. The second-order valence-electron chi connectivity index (χ2n) is 8.70. The van der Waals surface area contributed by atoms with Crippen molar-refractivity contribution in [1.82, 2.24) is 15.0 Å². The lowest BCUT2D eigenvalue weighted by molar-refractivity contribution is 0.541. The molecule has 9 heteroatoms. The van der Waals surface area contributed by atoms with Gasteiger partial charge in [-0.1, -0.05) is 53.7 Å². The quantitative estimate of drug-likeness (QED) is 0.250. The summed E-state index contributed by atoms with van der Waals surface area (Å²) in [7, 11) is 0. The lowest BCUT2D eigenvalue weighted by atomic mass is 10.1. The van der Waals surface area contributed by atoms with E-state index in [0.29, 0.717) is 16.5 Å². The number of pyridine rings is 1. The molecule has 0 unspecified atom stereocenters. The molecule has 2 aromatic heterocycles. The van der Waals surface area contributed by atoms with Gasteiger partial charge in [0.2, 0.25) is 0 Å². The van der Waals surface area contributed by atoms with Gasteiger partial charge in [-0.3, -0.25) is 0 Å². The van der Waals surface area contributed by atoms with Gasteiger partial charge >= 0.3 is 0 Å². The van der Waals surface area contributed by atoms with Crippen molar-refractivity contribution in [3.8, 4) is 11.3 Å². The molecule has 0 amide bonds. The molecule has 0 aliphatic carbocycles. The molecule has 5 rings (SSSR count). The fourth-order valence-corrected chi connectivity index (χ4v) is 5.30. The number of nitrogens with zero attached hydrogens (tertiary/aromatic N) is 5. The Labute approximate surface area is 219 Å². The molecule has 3 heterocycles. The number of hydrogen-bond donors (Lipinski definition) is 1. The number of hydrogen-bond acceptors (Lipinski definition) is 7. The average molecular weight is 521 g/mol. The summed E-state index contributed by atoms with van der Waals surface area (Å²) < 4.78 is 13.8. The molecule has 4 aromatic rings. The van der Waals surface area contributed by atoms with E-state index in [4.69, 9.17) is 27.3 Å². The molecule has 0 saturated carbocycles. The van der Waals surface area contributed by atoms with E-state index in [-0.39, 0.29) is 11.1 Å². The second kappa shape index (κ2) is 10.7. The molecule has 0 bridgehead atoms. The maximum Gasteiger partial charge on any atom is 0.190 e. The van der Waals surface area contributed by atoms with Gasteiger partial charge in [0.1, 0.15) is 11.6 Å². The van der Waals surface area contributed by atoms with Crippen LogP contribution in [0, 0.1) is 5.82 Å². The minimum absolute atomic E-state index is 0.0704. The molecule has 2 aromatic carbocycles. The number of halogens is 2. The molecule has 1 atom stereocenters. The third-order valence-electron chi connectivity index (χ3n) is 6.16. The minimum atomic E-state index is -0.452. The van der Waals surface area contributed by atoms with Gasteiger partial charge in [-0.25, -0.2) is 19.3 Å². The summed E-state index contributed by atoms with van der Waals surface area (Å²) in [4.78, 5) is 18.7. The van der Waals surface area contributed by atoms with Crippen LogP contribution in [0.15, 0.2) is 78.1 Å². The zero-order valence-electron chi connectivity index (χ0n) is 19.8. The van der Waals surface area contributed by atoms with Crippen LogP contribution in [0.5, 0.6) is 0 Å². The summed E-state index contributed by atoms with van der Waals surface area (Å²) in [6.07, 6.45) is 1.77. The third kappa shape index (κ3) is 5.39. The van der Waals surface area contributed by atoms with Gasteiger partial charge in [-0.2, -0.15) is 0 Å². The summed E-state index contributed by atoms with van der Waals surface area (Å²) >= 11 is 7.66.